The quantitative estimate of drug-likeness (QED) is 0.176. The van der Waals surface area contributed by atoms with Gasteiger partial charge in [0.15, 0.2) is 11.5 Å². The molecule has 14 heteroatoms. The van der Waals surface area contributed by atoms with Crippen molar-refractivity contribution >= 4 is 43.5 Å². The molecule has 0 radical (unpaired) electrons. The number of benzene rings is 1. The molecule has 1 saturated carbocycles. The second kappa shape index (κ2) is 11.1. The SMILES string of the molecule is NS(=O)(=O)NCCC1CCC(CCNc2nonc2C(=Nc2ccc(F)c(Br)c2)NO)C1. The maximum atomic E-state index is 13.4. The second-order valence-corrected chi connectivity index (χ2v) is 9.85. The Morgan fingerprint density at radius 3 is 2.66 bits per heavy atom. The van der Waals surface area contributed by atoms with Gasteiger partial charge in [0.25, 0.3) is 10.2 Å². The highest BCUT2D eigenvalue weighted by Crippen LogP contribution is 2.34. The topological polar surface area (TPSA) is 168 Å². The van der Waals surface area contributed by atoms with Gasteiger partial charge in [0.2, 0.25) is 5.82 Å². The van der Waals surface area contributed by atoms with E-state index in [0.717, 1.165) is 32.1 Å². The zero-order valence-corrected chi connectivity index (χ0v) is 19.5. The molecule has 1 aliphatic rings. The number of aromatic nitrogens is 2. The fraction of sp³-hybridized carbons (Fsp3) is 0.500. The number of nitrogens with zero attached hydrogens (tertiary/aromatic N) is 3. The average Bonchev–Trinajstić information content (AvgIpc) is 3.38. The maximum Gasteiger partial charge on any atom is 0.274 e. The highest BCUT2D eigenvalue weighted by molar-refractivity contribution is 9.10. The number of rotatable bonds is 10. The molecular weight excluding hydrogens is 509 g/mol. The molecule has 176 valence electrons. The summed E-state index contributed by atoms with van der Waals surface area (Å²) in [6.07, 6.45) is 4.78. The normalized spacial score (nSPS) is 19.3. The molecular formula is C18H25BrFN7O4S. The van der Waals surface area contributed by atoms with Crippen molar-refractivity contribution in [3.05, 3.63) is 34.2 Å². The van der Waals surface area contributed by atoms with Crippen LogP contribution < -0.4 is 20.7 Å². The zero-order valence-electron chi connectivity index (χ0n) is 17.1. The first kappa shape index (κ1) is 24.5. The summed E-state index contributed by atoms with van der Waals surface area (Å²) in [7, 11) is -3.64. The summed E-state index contributed by atoms with van der Waals surface area (Å²) in [6.45, 7) is 0.957. The molecule has 11 nitrogen and oxygen atoms in total. The van der Waals surface area contributed by atoms with Gasteiger partial charge in [-0.05, 0) is 75.5 Å². The highest BCUT2D eigenvalue weighted by atomic mass is 79.9. The van der Waals surface area contributed by atoms with Gasteiger partial charge in [-0.1, -0.05) is 12.8 Å². The van der Waals surface area contributed by atoms with Crippen molar-refractivity contribution in [2.75, 3.05) is 18.4 Å². The van der Waals surface area contributed by atoms with Crippen molar-refractivity contribution in [3.8, 4) is 0 Å². The number of hydrogen-bond acceptors (Lipinski definition) is 8. The molecule has 1 aliphatic carbocycles. The molecule has 2 aromatic rings. The van der Waals surface area contributed by atoms with Gasteiger partial charge in [0.05, 0.1) is 10.2 Å². The van der Waals surface area contributed by atoms with E-state index in [1.807, 2.05) is 5.48 Å². The zero-order chi connectivity index (χ0) is 23.1. The molecule has 0 aliphatic heterocycles. The molecule has 0 saturated heterocycles. The van der Waals surface area contributed by atoms with Crippen LogP contribution in [0.4, 0.5) is 15.9 Å². The molecule has 0 amide bonds. The molecule has 32 heavy (non-hydrogen) atoms. The van der Waals surface area contributed by atoms with Crippen LogP contribution in [0.3, 0.4) is 0 Å². The van der Waals surface area contributed by atoms with E-state index in [1.165, 1.54) is 18.2 Å². The molecule has 2 unspecified atom stereocenters. The number of hydroxylamine groups is 1. The van der Waals surface area contributed by atoms with Crippen molar-refractivity contribution in [1.82, 2.24) is 20.5 Å². The summed E-state index contributed by atoms with van der Waals surface area (Å²) in [5.41, 5.74) is 2.55. The molecule has 2 atom stereocenters. The van der Waals surface area contributed by atoms with Gasteiger partial charge in [-0.25, -0.2) is 23.9 Å². The molecule has 1 heterocycles. The van der Waals surface area contributed by atoms with Crippen LogP contribution in [0.2, 0.25) is 0 Å². The van der Waals surface area contributed by atoms with E-state index in [1.54, 1.807) is 0 Å². The summed E-state index contributed by atoms with van der Waals surface area (Å²) >= 11 is 3.09. The smallest absolute Gasteiger partial charge is 0.274 e. The Hall–Kier alpha value is -2.13. The van der Waals surface area contributed by atoms with Crippen LogP contribution in [0.5, 0.6) is 0 Å². The number of nitrogens with one attached hydrogen (secondary N) is 3. The molecule has 1 aromatic heterocycles. The van der Waals surface area contributed by atoms with Crippen LogP contribution in [-0.4, -0.2) is 42.9 Å². The Labute approximate surface area is 193 Å². The lowest BCUT2D eigenvalue weighted by Gasteiger charge is -2.12. The van der Waals surface area contributed by atoms with Crippen LogP contribution in [-0.2, 0) is 10.2 Å². The van der Waals surface area contributed by atoms with Crippen LogP contribution >= 0.6 is 15.9 Å². The first-order chi connectivity index (χ1) is 15.2. The summed E-state index contributed by atoms with van der Waals surface area (Å²) in [4.78, 5) is 4.22. The minimum absolute atomic E-state index is 0.00413. The maximum absolute atomic E-state index is 13.4. The van der Waals surface area contributed by atoms with E-state index in [0.29, 0.717) is 36.4 Å². The van der Waals surface area contributed by atoms with Crippen molar-refractivity contribution in [1.29, 1.82) is 0 Å². The Balaban J connectivity index is 1.51. The van der Waals surface area contributed by atoms with E-state index in [-0.39, 0.29) is 16.0 Å². The van der Waals surface area contributed by atoms with Gasteiger partial charge in [0, 0.05) is 13.1 Å². The number of nitrogens with two attached hydrogens (primary N) is 1. The van der Waals surface area contributed by atoms with Gasteiger partial charge < -0.3 is 5.32 Å². The van der Waals surface area contributed by atoms with E-state index >= 15 is 0 Å². The summed E-state index contributed by atoms with van der Waals surface area (Å²) in [5, 5.41) is 25.2. The van der Waals surface area contributed by atoms with Crippen molar-refractivity contribution in [2.24, 2.45) is 22.0 Å². The largest absolute Gasteiger partial charge is 0.365 e. The van der Waals surface area contributed by atoms with Gasteiger partial charge in [-0.2, -0.15) is 8.42 Å². The van der Waals surface area contributed by atoms with Gasteiger partial charge >= 0.3 is 0 Å². The average molecular weight is 534 g/mol. The molecule has 0 bridgehead atoms. The van der Waals surface area contributed by atoms with E-state index in [9.17, 15) is 18.0 Å². The minimum Gasteiger partial charge on any atom is -0.365 e. The lowest BCUT2D eigenvalue weighted by molar-refractivity contribution is 0.234. The van der Waals surface area contributed by atoms with Crippen molar-refractivity contribution in [2.45, 2.75) is 32.1 Å². The Bertz CT molecular complexity index is 1050. The number of anilines is 1. The van der Waals surface area contributed by atoms with Crippen LogP contribution in [0, 0.1) is 17.7 Å². The molecule has 6 N–H and O–H groups in total. The van der Waals surface area contributed by atoms with Crippen molar-refractivity contribution < 1.29 is 22.6 Å². The molecule has 1 fully saturated rings. The van der Waals surface area contributed by atoms with Crippen molar-refractivity contribution in [3.63, 3.8) is 0 Å². The first-order valence-electron chi connectivity index (χ1n) is 10.0. The first-order valence-corrected chi connectivity index (χ1v) is 12.4. The number of aliphatic imine (C=N–C) groups is 1. The Morgan fingerprint density at radius 1 is 1.28 bits per heavy atom. The Kier molecular flexibility index (Phi) is 8.53. The number of amidine groups is 1. The monoisotopic (exact) mass is 533 g/mol. The third-order valence-corrected chi connectivity index (χ3v) is 6.53. The van der Waals surface area contributed by atoms with Gasteiger partial charge in [-0.3, -0.25) is 10.7 Å². The van der Waals surface area contributed by atoms with E-state index in [2.05, 4.69) is 41.3 Å². The molecule has 3 rings (SSSR count). The minimum atomic E-state index is -3.64. The second-order valence-electron chi connectivity index (χ2n) is 7.62. The number of hydrogen-bond donors (Lipinski definition) is 5. The van der Waals surface area contributed by atoms with E-state index in [4.69, 9.17) is 9.77 Å². The summed E-state index contributed by atoms with van der Waals surface area (Å²) in [6, 6.07) is 4.16. The highest BCUT2D eigenvalue weighted by Gasteiger charge is 2.25. The number of halogens is 2. The van der Waals surface area contributed by atoms with E-state index < -0.39 is 16.0 Å². The summed E-state index contributed by atoms with van der Waals surface area (Å²) in [5.74, 6) is 0.855. The summed E-state index contributed by atoms with van der Waals surface area (Å²) < 4.78 is 42.7. The fourth-order valence-electron chi connectivity index (χ4n) is 3.78. The Morgan fingerprint density at radius 2 is 2.00 bits per heavy atom. The fourth-order valence-corrected chi connectivity index (χ4v) is 4.55. The third-order valence-electron chi connectivity index (χ3n) is 5.31. The van der Waals surface area contributed by atoms with Crippen LogP contribution in [0.25, 0.3) is 0 Å². The third kappa shape index (κ3) is 7.20. The van der Waals surface area contributed by atoms with Gasteiger partial charge in [-0.15, -0.1) is 0 Å². The predicted molar refractivity (Wildman–Crippen MR) is 119 cm³/mol. The standard InChI is InChI=1S/C18H25BrFN7O4S/c19-14-10-13(3-4-15(14)20)24-18(25-28)16-17(27-31-26-16)22-7-5-11-1-2-12(9-11)6-8-23-32(21,29)30/h3-4,10-12,23,28H,1-2,5-9H2,(H,22,27)(H,24,25)(H2,21,29,30). The predicted octanol–water partition coefficient (Wildman–Crippen LogP) is 2.43. The van der Waals surface area contributed by atoms with Gasteiger partial charge in [0.1, 0.15) is 5.82 Å². The van der Waals surface area contributed by atoms with Crippen LogP contribution in [0.1, 0.15) is 37.8 Å². The lowest BCUT2D eigenvalue weighted by atomic mass is 10.00. The lowest BCUT2D eigenvalue weighted by Crippen LogP contribution is -2.32. The molecule has 0 spiro atoms. The molecule has 1 aromatic carbocycles. The van der Waals surface area contributed by atoms with Crippen LogP contribution in [0.15, 0.2) is 32.3 Å².